The van der Waals surface area contributed by atoms with Crippen LogP contribution in [0.5, 0.6) is 0 Å². The average Bonchev–Trinajstić information content (AvgIpc) is 2.79. The number of rotatable bonds is 3. The lowest BCUT2D eigenvalue weighted by Crippen LogP contribution is -2.48. The summed E-state index contributed by atoms with van der Waals surface area (Å²) in [5.41, 5.74) is 0. The second-order valence-corrected chi connectivity index (χ2v) is 7.10. The summed E-state index contributed by atoms with van der Waals surface area (Å²) in [5, 5.41) is 2.79. The molecule has 2 saturated heterocycles. The second-order valence-electron chi connectivity index (χ2n) is 4.87. The van der Waals surface area contributed by atoms with E-state index in [4.69, 9.17) is 4.74 Å². The number of amides is 1. The van der Waals surface area contributed by atoms with Crippen molar-refractivity contribution in [2.75, 3.05) is 38.2 Å². The molecule has 0 aromatic rings. The third-order valence-electron chi connectivity index (χ3n) is 3.50. The summed E-state index contributed by atoms with van der Waals surface area (Å²) in [6, 6.07) is -0.626. The highest BCUT2D eigenvalue weighted by Gasteiger charge is 2.34. The van der Waals surface area contributed by atoms with E-state index in [1.807, 2.05) is 0 Å². The Morgan fingerprint density at radius 1 is 1.50 bits per heavy atom. The normalized spacial score (nSPS) is 32.5. The fourth-order valence-electron chi connectivity index (χ4n) is 2.41. The lowest BCUT2D eigenvalue weighted by Gasteiger charge is -2.25. The van der Waals surface area contributed by atoms with Crippen molar-refractivity contribution in [3.8, 4) is 0 Å². The van der Waals surface area contributed by atoms with Crippen molar-refractivity contribution < 1.29 is 17.9 Å². The van der Waals surface area contributed by atoms with Crippen LogP contribution in [0.15, 0.2) is 0 Å². The summed E-state index contributed by atoms with van der Waals surface area (Å²) in [6.07, 6.45) is 2.02. The van der Waals surface area contributed by atoms with E-state index in [0.29, 0.717) is 6.54 Å². The third kappa shape index (κ3) is 3.21. The van der Waals surface area contributed by atoms with Crippen molar-refractivity contribution in [1.82, 2.24) is 10.2 Å². The van der Waals surface area contributed by atoms with Crippen LogP contribution in [0.2, 0.25) is 0 Å². The molecule has 18 heavy (non-hydrogen) atoms. The van der Waals surface area contributed by atoms with Crippen molar-refractivity contribution in [3.63, 3.8) is 0 Å². The minimum atomic E-state index is -3.15. The van der Waals surface area contributed by atoms with E-state index in [2.05, 4.69) is 5.32 Å². The van der Waals surface area contributed by atoms with E-state index in [-0.39, 0.29) is 30.1 Å². The topological polar surface area (TPSA) is 75.7 Å². The first kappa shape index (κ1) is 13.8. The molecule has 0 aliphatic carbocycles. The molecule has 2 fully saturated rings. The first-order chi connectivity index (χ1) is 8.52. The van der Waals surface area contributed by atoms with Gasteiger partial charge in [0, 0.05) is 19.7 Å². The zero-order valence-corrected chi connectivity index (χ0v) is 11.4. The molecule has 2 unspecified atom stereocenters. The Labute approximate surface area is 108 Å². The molecule has 2 atom stereocenters. The van der Waals surface area contributed by atoms with Gasteiger partial charge in [-0.1, -0.05) is 0 Å². The fourth-order valence-corrected chi connectivity index (χ4v) is 3.89. The van der Waals surface area contributed by atoms with E-state index >= 15 is 0 Å². The van der Waals surface area contributed by atoms with Crippen molar-refractivity contribution in [2.45, 2.75) is 25.0 Å². The van der Waals surface area contributed by atoms with E-state index < -0.39 is 15.9 Å². The van der Waals surface area contributed by atoms with Crippen molar-refractivity contribution in [1.29, 1.82) is 0 Å². The van der Waals surface area contributed by atoms with Crippen LogP contribution in [0.1, 0.15) is 12.8 Å². The molecule has 0 saturated carbocycles. The second kappa shape index (κ2) is 5.54. The number of carbonyl (C=O) groups is 1. The van der Waals surface area contributed by atoms with Gasteiger partial charge in [0.1, 0.15) is 6.04 Å². The molecule has 104 valence electrons. The zero-order valence-electron chi connectivity index (χ0n) is 10.6. The van der Waals surface area contributed by atoms with Gasteiger partial charge < -0.3 is 15.0 Å². The maximum atomic E-state index is 12.2. The van der Waals surface area contributed by atoms with Crippen LogP contribution in [0.25, 0.3) is 0 Å². The molecule has 1 N–H and O–H groups in total. The number of likely N-dealkylation sites (N-methyl/N-ethyl adjacent to an activating group) is 1. The number of hydrogen-bond acceptors (Lipinski definition) is 5. The highest BCUT2D eigenvalue weighted by atomic mass is 32.2. The predicted octanol–water partition coefficient (Wildman–Crippen LogP) is -0.990. The van der Waals surface area contributed by atoms with Gasteiger partial charge in [0.05, 0.1) is 17.6 Å². The Kier molecular flexibility index (Phi) is 4.24. The smallest absolute Gasteiger partial charge is 0.240 e. The molecule has 0 aromatic heterocycles. The van der Waals surface area contributed by atoms with E-state index in [1.54, 1.807) is 11.9 Å². The SMILES string of the molecule is CNC1CS(=O)(=O)CCN(CC2CCCO2)C1=O. The Hall–Kier alpha value is -0.660. The maximum absolute atomic E-state index is 12.2. The standard InChI is InChI=1S/C11H20N2O4S/c1-12-10-8-18(15,16)6-4-13(11(10)14)7-9-3-2-5-17-9/h9-10,12H,2-8H2,1H3. The fraction of sp³-hybridized carbons (Fsp3) is 0.909. The van der Waals surface area contributed by atoms with Gasteiger partial charge in [0.25, 0.3) is 0 Å². The van der Waals surface area contributed by atoms with Gasteiger partial charge in [-0.2, -0.15) is 0 Å². The quantitative estimate of drug-likeness (QED) is 0.716. The van der Waals surface area contributed by atoms with Crippen LogP contribution in [0.4, 0.5) is 0 Å². The van der Waals surface area contributed by atoms with Gasteiger partial charge >= 0.3 is 0 Å². The summed E-state index contributed by atoms with van der Waals surface area (Å²) >= 11 is 0. The molecule has 7 heteroatoms. The Morgan fingerprint density at radius 2 is 2.28 bits per heavy atom. The Morgan fingerprint density at radius 3 is 2.89 bits per heavy atom. The summed E-state index contributed by atoms with van der Waals surface area (Å²) in [5.74, 6) is -0.192. The molecule has 1 amide bonds. The van der Waals surface area contributed by atoms with Crippen molar-refractivity contribution in [3.05, 3.63) is 0 Å². The zero-order chi connectivity index (χ0) is 13.2. The summed E-state index contributed by atoms with van der Waals surface area (Å²) < 4.78 is 28.9. The highest BCUT2D eigenvalue weighted by Crippen LogP contribution is 2.15. The lowest BCUT2D eigenvalue weighted by atomic mass is 10.2. The molecule has 2 aliphatic rings. The van der Waals surface area contributed by atoms with Crippen molar-refractivity contribution in [2.24, 2.45) is 0 Å². The summed E-state index contributed by atoms with van der Waals surface area (Å²) in [7, 11) is -1.53. The highest BCUT2D eigenvalue weighted by molar-refractivity contribution is 7.91. The number of nitrogens with zero attached hydrogens (tertiary/aromatic N) is 1. The number of hydrogen-bond donors (Lipinski definition) is 1. The molecule has 0 aromatic carbocycles. The van der Waals surface area contributed by atoms with Crippen LogP contribution in [-0.2, 0) is 19.4 Å². The molecule has 6 nitrogen and oxygen atoms in total. The van der Waals surface area contributed by atoms with Gasteiger partial charge in [-0.25, -0.2) is 8.42 Å². The number of ether oxygens (including phenoxy) is 1. The van der Waals surface area contributed by atoms with Crippen LogP contribution in [0, 0.1) is 0 Å². The molecular weight excluding hydrogens is 256 g/mol. The number of sulfone groups is 1. The minimum Gasteiger partial charge on any atom is -0.376 e. The Bertz CT molecular complexity index is 403. The molecule has 2 rings (SSSR count). The third-order valence-corrected chi connectivity index (χ3v) is 5.14. The van der Waals surface area contributed by atoms with Crippen LogP contribution >= 0.6 is 0 Å². The summed E-state index contributed by atoms with van der Waals surface area (Å²) in [6.45, 7) is 1.52. The molecular formula is C11H20N2O4S. The molecule has 2 heterocycles. The molecule has 0 spiro atoms. The lowest BCUT2D eigenvalue weighted by molar-refractivity contribution is -0.133. The average molecular weight is 276 g/mol. The molecule has 0 bridgehead atoms. The van der Waals surface area contributed by atoms with Gasteiger partial charge in [-0.15, -0.1) is 0 Å². The minimum absolute atomic E-state index is 0.0453. The van der Waals surface area contributed by atoms with Gasteiger partial charge in [-0.3, -0.25) is 4.79 Å². The predicted molar refractivity (Wildman–Crippen MR) is 67.1 cm³/mol. The summed E-state index contributed by atoms with van der Waals surface area (Å²) in [4.78, 5) is 13.8. The Balaban J connectivity index is 2.06. The van der Waals surface area contributed by atoms with Gasteiger partial charge in [0.15, 0.2) is 9.84 Å². The monoisotopic (exact) mass is 276 g/mol. The maximum Gasteiger partial charge on any atom is 0.240 e. The number of carbonyl (C=O) groups excluding carboxylic acids is 1. The van der Waals surface area contributed by atoms with E-state index in [1.165, 1.54) is 0 Å². The van der Waals surface area contributed by atoms with Crippen molar-refractivity contribution >= 4 is 15.7 Å². The van der Waals surface area contributed by atoms with E-state index in [9.17, 15) is 13.2 Å². The molecule has 2 aliphatic heterocycles. The van der Waals surface area contributed by atoms with Crippen LogP contribution < -0.4 is 5.32 Å². The van der Waals surface area contributed by atoms with Gasteiger partial charge in [0.2, 0.25) is 5.91 Å². The molecule has 0 radical (unpaired) electrons. The largest absolute Gasteiger partial charge is 0.376 e. The first-order valence-corrected chi connectivity index (χ1v) is 8.12. The van der Waals surface area contributed by atoms with Crippen LogP contribution in [-0.4, -0.2) is 69.6 Å². The van der Waals surface area contributed by atoms with Gasteiger partial charge in [-0.05, 0) is 19.9 Å². The van der Waals surface area contributed by atoms with E-state index in [0.717, 1.165) is 19.4 Å². The number of nitrogens with one attached hydrogen (secondary N) is 1. The van der Waals surface area contributed by atoms with Crippen LogP contribution in [0.3, 0.4) is 0 Å². The first-order valence-electron chi connectivity index (χ1n) is 6.30.